The molecule has 33 heavy (non-hydrogen) atoms. The van der Waals surface area contributed by atoms with Gasteiger partial charge >= 0.3 is 0 Å². The van der Waals surface area contributed by atoms with Gasteiger partial charge in [0.05, 0.1) is 28.3 Å². The summed E-state index contributed by atoms with van der Waals surface area (Å²) in [6.07, 6.45) is 1.65. The van der Waals surface area contributed by atoms with E-state index in [4.69, 9.17) is 4.74 Å². The van der Waals surface area contributed by atoms with Gasteiger partial charge < -0.3 is 9.30 Å². The summed E-state index contributed by atoms with van der Waals surface area (Å²) in [5.74, 6) is 0.795. The highest BCUT2D eigenvalue weighted by molar-refractivity contribution is 7.22. The predicted octanol–water partition coefficient (Wildman–Crippen LogP) is 7.53. The van der Waals surface area contributed by atoms with Crippen molar-refractivity contribution in [1.29, 1.82) is 10.5 Å². The minimum absolute atomic E-state index is 0.0851. The Morgan fingerprint density at radius 1 is 0.939 bits per heavy atom. The summed E-state index contributed by atoms with van der Waals surface area (Å²) in [6.45, 7) is 0. The quantitative estimate of drug-likeness (QED) is 0.253. The Labute approximate surface area is 199 Å². The number of nitrogens with zero attached hydrogens (tertiary/aromatic N) is 3. The van der Waals surface area contributed by atoms with Crippen molar-refractivity contribution >= 4 is 38.8 Å². The third-order valence-corrected chi connectivity index (χ3v) is 7.45. The highest BCUT2D eigenvalue weighted by Crippen LogP contribution is 2.41. The lowest BCUT2D eigenvalue weighted by molar-refractivity contribution is 0.415. The molecule has 0 amide bonds. The number of hydrogen-bond acceptors (Lipinski definition) is 5. The number of fused-ring (bicyclic) bond motifs is 1. The van der Waals surface area contributed by atoms with Crippen LogP contribution < -0.4 is 4.74 Å². The van der Waals surface area contributed by atoms with Crippen molar-refractivity contribution in [2.45, 2.75) is 0 Å². The van der Waals surface area contributed by atoms with Crippen LogP contribution in [0.15, 0.2) is 83.7 Å². The fourth-order valence-electron chi connectivity index (χ4n) is 3.81. The van der Waals surface area contributed by atoms with Gasteiger partial charge in [0.15, 0.2) is 0 Å². The highest BCUT2D eigenvalue weighted by Gasteiger charge is 2.18. The highest BCUT2D eigenvalue weighted by atomic mass is 32.1. The van der Waals surface area contributed by atoms with Crippen LogP contribution >= 0.6 is 22.7 Å². The first-order valence-electron chi connectivity index (χ1n) is 10.2. The molecule has 0 aliphatic rings. The number of aromatic nitrogens is 1. The Hall–Kier alpha value is -4.10. The molecule has 3 aromatic heterocycles. The van der Waals surface area contributed by atoms with Gasteiger partial charge in [-0.3, -0.25) is 0 Å². The summed E-state index contributed by atoms with van der Waals surface area (Å²) >= 11 is 3.35. The standard InChI is InChI=1S/C27H17N3OS2/c1-31-22-8-6-21(7-9-22)30-23(26-15-19-4-2-3-5-25(19)33-26)10-11-24(30)27-20(12-13-32-27)14-18(16-28)17-29/h2-15H,1H3. The van der Waals surface area contributed by atoms with E-state index in [1.165, 1.54) is 15.0 Å². The van der Waals surface area contributed by atoms with Gasteiger partial charge in [-0.2, -0.15) is 10.5 Å². The van der Waals surface area contributed by atoms with Gasteiger partial charge in [-0.05, 0) is 77.0 Å². The molecule has 0 saturated carbocycles. The average molecular weight is 464 g/mol. The van der Waals surface area contributed by atoms with Gasteiger partial charge in [-0.1, -0.05) is 18.2 Å². The Morgan fingerprint density at radius 2 is 1.70 bits per heavy atom. The lowest BCUT2D eigenvalue weighted by atomic mass is 10.1. The topological polar surface area (TPSA) is 61.7 Å². The first kappa shape index (κ1) is 20.8. The zero-order chi connectivity index (χ0) is 22.8. The molecule has 0 aliphatic carbocycles. The largest absolute Gasteiger partial charge is 0.497 e. The van der Waals surface area contributed by atoms with Gasteiger partial charge in [-0.25, -0.2) is 0 Å². The van der Waals surface area contributed by atoms with Crippen molar-refractivity contribution in [1.82, 2.24) is 4.57 Å². The molecule has 0 bridgehead atoms. The molecule has 6 heteroatoms. The zero-order valence-electron chi connectivity index (χ0n) is 17.6. The van der Waals surface area contributed by atoms with Crippen LogP contribution in [0.2, 0.25) is 0 Å². The molecule has 5 rings (SSSR count). The molecule has 4 nitrogen and oxygen atoms in total. The smallest absolute Gasteiger partial charge is 0.130 e. The first-order valence-corrected chi connectivity index (χ1v) is 11.9. The molecule has 0 atom stereocenters. The van der Waals surface area contributed by atoms with Gasteiger partial charge in [0.2, 0.25) is 0 Å². The number of allylic oxidation sites excluding steroid dienone is 1. The minimum Gasteiger partial charge on any atom is -0.497 e. The second kappa shape index (κ2) is 8.80. The number of hydrogen-bond donors (Lipinski definition) is 0. The lowest BCUT2D eigenvalue weighted by Gasteiger charge is -2.14. The average Bonchev–Trinajstić information content (AvgIpc) is 3.59. The van der Waals surface area contributed by atoms with Crippen LogP contribution in [0.1, 0.15) is 5.56 Å². The molecule has 158 valence electrons. The maximum Gasteiger partial charge on any atom is 0.130 e. The van der Waals surface area contributed by atoms with Gasteiger partial charge in [0.1, 0.15) is 23.5 Å². The SMILES string of the molecule is COc1ccc(-n2c(-c3cc4ccccc4s3)ccc2-c2sccc2C=C(C#N)C#N)cc1. The number of methoxy groups -OCH3 is 1. The van der Waals surface area contributed by atoms with Crippen LogP contribution in [-0.2, 0) is 0 Å². The molecule has 0 fully saturated rings. The van der Waals surface area contributed by atoms with Crippen molar-refractivity contribution in [2.75, 3.05) is 7.11 Å². The lowest BCUT2D eigenvalue weighted by Crippen LogP contribution is -1.98. The predicted molar refractivity (Wildman–Crippen MR) is 136 cm³/mol. The van der Waals surface area contributed by atoms with E-state index in [1.54, 1.807) is 35.9 Å². The second-order valence-electron chi connectivity index (χ2n) is 7.27. The molecule has 0 spiro atoms. The fraction of sp³-hybridized carbons (Fsp3) is 0.0370. The van der Waals surface area contributed by atoms with E-state index in [0.717, 1.165) is 33.3 Å². The Kier molecular flexibility index (Phi) is 5.54. The van der Waals surface area contributed by atoms with Crippen LogP contribution in [0.25, 0.3) is 43.0 Å². The summed E-state index contributed by atoms with van der Waals surface area (Å²) in [7, 11) is 1.66. The van der Waals surface area contributed by atoms with Crippen molar-refractivity contribution < 1.29 is 4.74 Å². The van der Waals surface area contributed by atoms with Crippen molar-refractivity contribution in [2.24, 2.45) is 0 Å². The Balaban J connectivity index is 1.73. The number of benzene rings is 2. The van der Waals surface area contributed by atoms with E-state index in [1.807, 2.05) is 47.9 Å². The molecule has 0 unspecified atom stereocenters. The number of ether oxygens (including phenoxy) is 1. The number of nitriles is 2. The summed E-state index contributed by atoms with van der Waals surface area (Å²) in [5, 5.41) is 21.7. The van der Waals surface area contributed by atoms with Crippen LogP contribution in [0.4, 0.5) is 0 Å². The monoisotopic (exact) mass is 463 g/mol. The zero-order valence-corrected chi connectivity index (χ0v) is 19.3. The maximum atomic E-state index is 9.24. The Bertz CT molecular complexity index is 1520. The van der Waals surface area contributed by atoms with Gasteiger partial charge in [0, 0.05) is 10.4 Å². The first-order chi connectivity index (χ1) is 16.2. The van der Waals surface area contributed by atoms with Crippen molar-refractivity contribution in [3.8, 4) is 44.7 Å². The molecule has 3 heterocycles. The maximum absolute atomic E-state index is 9.24. The molecule has 0 radical (unpaired) electrons. The third kappa shape index (κ3) is 3.83. The molecular weight excluding hydrogens is 446 g/mol. The van der Waals surface area contributed by atoms with E-state index >= 15 is 0 Å². The Morgan fingerprint density at radius 3 is 2.42 bits per heavy atom. The van der Waals surface area contributed by atoms with E-state index in [9.17, 15) is 10.5 Å². The molecule has 2 aromatic carbocycles. The van der Waals surface area contributed by atoms with E-state index in [0.29, 0.717) is 0 Å². The van der Waals surface area contributed by atoms with E-state index < -0.39 is 0 Å². The molecule has 0 aliphatic heterocycles. The van der Waals surface area contributed by atoms with Crippen molar-refractivity contribution in [3.63, 3.8) is 0 Å². The summed E-state index contributed by atoms with van der Waals surface area (Å²) in [5.41, 5.74) is 4.03. The van der Waals surface area contributed by atoms with E-state index in [2.05, 4.69) is 47.0 Å². The van der Waals surface area contributed by atoms with Crippen LogP contribution in [0.3, 0.4) is 0 Å². The van der Waals surface area contributed by atoms with Gasteiger partial charge in [0.25, 0.3) is 0 Å². The molecule has 0 N–H and O–H groups in total. The fourth-order valence-corrected chi connectivity index (χ4v) is 5.78. The number of rotatable bonds is 5. The summed E-state index contributed by atoms with van der Waals surface area (Å²) < 4.78 is 8.82. The summed E-state index contributed by atoms with van der Waals surface area (Å²) in [6, 6.07) is 28.7. The van der Waals surface area contributed by atoms with Crippen LogP contribution in [-0.4, -0.2) is 11.7 Å². The summed E-state index contributed by atoms with van der Waals surface area (Å²) in [4.78, 5) is 2.17. The molecular formula is C27H17N3OS2. The van der Waals surface area contributed by atoms with E-state index in [-0.39, 0.29) is 5.57 Å². The van der Waals surface area contributed by atoms with Gasteiger partial charge in [-0.15, -0.1) is 22.7 Å². The second-order valence-corrected chi connectivity index (χ2v) is 9.27. The number of thiophene rings is 2. The van der Waals surface area contributed by atoms with Crippen LogP contribution in [0, 0.1) is 22.7 Å². The molecule has 5 aromatic rings. The van der Waals surface area contributed by atoms with Crippen molar-refractivity contribution in [3.05, 3.63) is 89.3 Å². The minimum atomic E-state index is 0.0851. The normalized spacial score (nSPS) is 10.5. The van der Waals surface area contributed by atoms with Crippen LogP contribution in [0.5, 0.6) is 5.75 Å². The third-order valence-electron chi connectivity index (χ3n) is 5.36. The molecule has 0 saturated heterocycles.